The summed E-state index contributed by atoms with van der Waals surface area (Å²) in [6, 6.07) is 12.6. The molecule has 2 aromatic rings. The van der Waals surface area contributed by atoms with E-state index in [0.717, 1.165) is 12.1 Å². The number of methoxy groups -OCH3 is 1. The lowest BCUT2D eigenvalue weighted by molar-refractivity contribution is -0.123. The number of carbonyl (C=O) groups excluding carboxylic acids is 1. The summed E-state index contributed by atoms with van der Waals surface area (Å²) in [6.45, 7) is 2.68. The zero-order valence-electron chi connectivity index (χ0n) is 17.0. The van der Waals surface area contributed by atoms with Gasteiger partial charge in [-0.3, -0.25) is 4.79 Å². The number of carbonyl (C=O) groups is 1. The molecule has 2 aliphatic rings. The Morgan fingerprint density at radius 2 is 1.83 bits per heavy atom. The third-order valence-corrected chi connectivity index (χ3v) is 8.20. The van der Waals surface area contributed by atoms with E-state index in [1.807, 2.05) is 23.1 Å². The molecule has 0 bridgehead atoms. The highest BCUT2D eigenvalue weighted by Gasteiger charge is 2.38. The Bertz CT molecular complexity index is 1060. The summed E-state index contributed by atoms with van der Waals surface area (Å²) in [6.07, 6.45) is 1.87. The van der Waals surface area contributed by atoms with E-state index in [9.17, 15) is 13.2 Å². The molecule has 2 aromatic carbocycles. The van der Waals surface area contributed by atoms with E-state index in [2.05, 4.69) is 13.0 Å². The number of para-hydroxylation sites is 1. The molecule has 160 valence electrons. The second-order valence-corrected chi connectivity index (χ2v) is 10.2. The molecular weight excluding hydrogens is 424 g/mol. The summed E-state index contributed by atoms with van der Waals surface area (Å²) in [7, 11) is -2.19. The van der Waals surface area contributed by atoms with Gasteiger partial charge < -0.3 is 9.64 Å². The summed E-state index contributed by atoms with van der Waals surface area (Å²) in [5.41, 5.74) is 2.17. The van der Waals surface area contributed by atoms with Gasteiger partial charge in [-0.2, -0.15) is 4.31 Å². The number of ether oxygens (including phenoxy) is 1. The molecule has 1 amide bonds. The minimum Gasteiger partial charge on any atom is -0.495 e. The van der Waals surface area contributed by atoms with Crippen LogP contribution < -0.4 is 9.64 Å². The van der Waals surface area contributed by atoms with E-state index < -0.39 is 10.0 Å². The zero-order chi connectivity index (χ0) is 21.5. The fraction of sp³-hybridized carbons (Fsp3) is 0.409. The van der Waals surface area contributed by atoms with E-state index in [1.165, 1.54) is 29.1 Å². The Labute approximate surface area is 182 Å². The van der Waals surface area contributed by atoms with Crippen molar-refractivity contribution < 1.29 is 17.9 Å². The molecule has 0 N–H and O–H groups in total. The van der Waals surface area contributed by atoms with E-state index in [-0.39, 0.29) is 27.8 Å². The Morgan fingerprint density at radius 3 is 2.50 bits per heavy atom. The molecule has 2 heterocycles. The molecule has 0 radical (unpaired) electrons. The Morgan fingerprint density at radius 1 is 1.13 bits per heavy atom. The number of fused-ring (bicyclic) bond motifs is 1. The van der Waals surface area contributed by atoms with Gasteiger partial charge >= 0.3 is 0 Å². The van der Waals surface area contributed by atoms with Gasteiger partial charge in [-0.1, -0.05) is 29.8 Å². The van der Waals surface area contributed by atoms with Gasteiger partial charge in [0.05, 0.1) is 17.0 Å². The van der Waals surface area contributed by atoms with Crippen LogP contribution in [0.4, 0.5) is 5.69 Å². The SMILES string of the molecule is COc1ccc(S(=O)(=O)N2CCC(C(=O)N3c4ccccc4C[C@@H]3C)CC2)cc1Cl. The number of anilines is 1. The molecule has 1 fully saturated rings. The number of halogens is 1. The zero-order valence-corrected chi connectivity index (χ0v) is 18.6. The van der Waals surface area contributed by atoms with Gasteiger partial charge in [-0.05, 0) is 56.0 Å². The molecule has 6 nitrogen and oxygen atoms in total. The largest absolute Gasteiger partial charge is 0.495 e. The van der Waals surface area contributed by atoms with Crippen molar-refractivity contribution in [1.29, 1.82) is 0 Å². The van der Waals surface area contributed by atoms with Crippen LogP contribution in [0, 0.1) is 5.92 Å². The highest BCUT2D eigenvalue weighted by Crippen LogP contribution is 2.35. The second kappa shape index (κ2) is 8.21. The number of rotatable bonds is 4. The molecular formula is C22H25ClN2O4S. The normalized spacial score (nSPS) is 20.2. The molecule has 1 atom stereocenters. The molecule has 0 aromatic heterocycles. The Kier molecular flexibility index (Phi) is 5.79. The van der Waals surface area contributed by atoms with Crippen LogP contribution in [0.25, 0.3) is 0 Å². The van der Waals surface area contributed by atoms with Crippen molar-refractivity contribution in [3.8, 4) is 5.75 Å². The quantitative estimate of drug-likeness (QED) is 0.714. The van der Waals surface area contributed by atoms with Crippen LogP contribution in [0.2, 0.25) is 5.02 Å². The average molecular weight is 449 g/mol. The Hall–Kier alpha value is -2.09. The second-order valence-electron chi connectivity index (χ2n) is 7.86. The predicted octanol–water partition coefficient (Wildman–Crippen LogP) is 3.73. The van der Waals surface area contributed by atoms with Crippen LogP contribution in [-0.2, 0) is 21.2 Å². The monoisotopic (exact) mass is 448 g/mol. The van der Waals surface area contributed by atoms with E-state index in [4.69, 9.17) is 16.3 Å². The van der Waals surface area contributed by atoms with Crippen molar-refractivity contribution in [1.82, 2.24) is 4.31 Å². The van der Waals surface area contributed by atoms with Crippen molar-refractivity contribution in [3.63, 3.8) is 0 Å². The number of piperidine rings is 1. The fourth-order valence-electron chi connectivity index (χ4n) is 4.40. The summed E-state index contributed by atoms with van der Waals surface area (Å²) >= 11 is 6.11. The summed E-state index contributed by atoms with van der Waals surface area (Å²) in [5.74, 6) is 0.349. The van der Waals surface area contributed by atoms with Crippen molar-refractivity contribution in [2.24, 2.45) is 5.92 Å². The van der Waals surface area contributed by atoms with Crippen LogP contribution in [0.1, 0.15) is 25.3 Å². The van der Waals surface area contributed by atoms with E-state index in [0.29, 0.717) is 31.7 Å². The van der Waals surface area contributed by atoms with Gasteiger partial charge in [-0.25, -0.2) is 8.42 Å². The minimum atomic E-state index is -3.67. The van der Waals surface area contributed by atoms with E-state index in [1.54, 1.807) is 6.07 Å². The third-order valence-electron chi connectivity index (χ3n) is 6.01. The number of sulfonamides is 1. The molecule has 1 saturated heterocycles. The van der Waals surface area contributed by atoms with Gasteiger partial charge in [0.1, 0.15) is 5.75 Å². The van der Waals surface area contributed by atoms with Crippen LogP contribution in [0.5, 0.6) is 5.75 Å². The third kappa shape index (κ3) is 3.70. The fourth-order valence-corrected chi connectivity index (χ4v) is 6.22. The number of hydrogen-bond donors (Lipinski definition) is 0. The maximum Gasteiger partial charge on any atom is 0.243 e. The maximum absolute atomic E-state index is 13.2. The van der Waals surface area contributed by atoms with Gasteiger partial charge in [0.15, 0.2) is 0 Å². The first kappa shape index (κ1) is 21.2. The first-order valence-electron chi connectivity index (χ1n) is 10.1. The minimum absolute atomic E-state index is 0.0944. The Balaban J connectivity index is 1.46. The number of nitrogens with zero attached hydrogens (tertiary/aromatic N) is 2. The van der Waals surface area contributed by atoms with Crippen LogP contribution in [0.15, 0.2) is 47.4 Å². The molecule has 30 heavy (non-hydrogen) atoms. The van der Waals surface area contributed by atoms with Crippen LogP contribution in [0.3, 0.4) is 0 Å². The molecule has 0 saturated carbocycles. The van der Waals surface area contributed by atoms with Crippen LogP contribution in [-0.4, -0.2) is 44.9 Å². The smallest absolute Gasteiger partial charge is 0.243 e. The van der Waals surface area contributed by atoms with Crippen molar-refractivity contribution >= 4 is 33.2 Å². The highest BCUT2D eigenvalue weighted by atomic mass is 35.5. The average Bonchev–Trinajstić information content (AvgIpc) is 3.08. The summed E-state index contributed by atoms with van der Waals surface area (Å²) in [4.78, 5) is 15.3. The number of benzene rings is 2. The first-order chi connectivity index (χ1) is 14.3. The molecule has 0 spiro atoms. The van der Waals surface area contributed by atoms with Gasteiger partial charge in [0, 0.05) is 30.7 Å². The summed E-state index contributed by atoms with van der Waals surface area (Å²) in [5, 5.41) is 0.255. The highest BCUT2D eigenvalue weighted by molar-refractivity contribution is 7.89. The molecule has 4 rings (SSSR count). The molecule has 2 aliphatic heterocycles. The van der Waals surface area contributed by atoms with E-state index >= 15 is 0 Å². The molecule has 0 unspecified atom stereocenters. The number of amides is 1. The lowest BCUT2D eigenvalue weighted by atomic mass is 9.96. The summed E-state index contributed by atoms with van der Waals surface area (Å²) < 4.78 is 32.6. The standard InChI is InChI=1S/C22H25ClN2O4S/c1-15-13-17-5-3-4-6-20(17)25(15)22(26)16-9-11-24(12-10-16)30(27,28)18-7-8-21(29-2)19(23)14-18/h3-8,14-16H,9-13H2,1-2H3/t15-/m0/s1. The maximum atomic E-state index is 13.2. The topological polar surface area (TPSA) is 66.9 Å². The predicted molar refractivity (Wildman–Crippen MR) is 117 cm³/mol. The van der Waals surface area contributed by atoms with Gasteiger partial charge in [0.2, 0.25) is 15.9 Å². The van der Waals surface area contributed by atoms with Gasteiger partial charge in [0.25, 0.3) is 0 Å². The molecule has 0 aliphatic carbocycles. The van der Waals surface area contributed by atoms with Gasteiger partial charge in [-0.15, -0.1) is 0 Å². The lowest BCUT2D eigenvalue weighted by Gasteiger charge is -2.34. The first-order valence-corrected chi connectivity index (χ1v) is 11.9. The van der Waals surface area contributed by atoms with Crippen LogP contribution >= 0.6 is 11.6 Å². The number of hydrogen-bond acceptors (Lipinski definition) is 4. The van der Waals surface area contributed by atoms with Crippen molar-refractivity contribution in [3.05, 3.63) is 53.1 Å². The van der Waals surface area contributed by atoms with Crippen molar-refractivity contribution in [2.45, 2.75) is 37.1 Å². The lowest BCUT2D eigenvalue weighted by Crippen LogP contribution is -2.46. The molecule has 8 heteroatoms. The van der Waals surface area contributed by atoms with Crippen molar-refractivity contribution in [2.75, 3.05) is 25.1 Å².